The van der Waals surface area contributed by atoms with E-state index in [0.717, 1.165) is 0 Å². The number of aromatic amines is 1. The maximum atomic E-state index is 12.2. The van der Waals surface area contributed by atoms with E-state index in [1.54, 1.807) is 0 Å². The first-order valence-corrected chi connectivity index (χ1v) is 6.87. The Kier molecular flexibility index (Phi) is 2.68. The Bertz CT molecular complexity index is 687. The zero-order chi connectivity index (χ0) is 14.8. The molecule has 4 heterocycles. The summed E-state index contributed by atoms with van der Waals surface area (Å²) in [5, 5.41) is 0. The Labute approximate surface area is 119 Å². The molecular formula is C13H16N2O6. The molecule has 3 aliphatic rings. The van der Waals surface area contributed by atoms with Gasteiger partial charge in [0.1, 0.15) is 25.1 Å². The summed E-state index contributed by atoms with van der Waals surface area (Å²) in [6.45, 7) is 4.19. The number of hydrogen-bond donors (Lipinski definition) is 1. The predicted octanol–water partition coefficient (Wildman–Crippen LogP) is -0.343. The molecule has 8 nitrogen and oxygen atoms in total. The quantitative estimate of drug-likeness (QED) is 0.762. The van der Waals surface area contributed by atoms with Crippen molar-refractivity contribution in [2.45, 2.75) is 44.0 Å². The summed E-state index contributed by atoms with van der Waals surface area (Å²) in [7, 11) is 0. The molecule has 114 valence electrons. The normalized spacial score (nSPS) is 36.7. The second-order valence-electron chi connectivity index (χ2n) is 5.94. The van der Waals surface area contributed by atoms with Crippen molar-refractivity contribution in [1.29, 1.82) is 0 Å². The number of nitrogens with one attached hydrogen (secondary N) is 1. The highest BCUT2D eigenvalue weighted by molar-refractivity contribution is 5.19. The second-order valence-corrected chi connectivity index (χ2v) is 5.94. The van der Waals surface area contributed by atoms with Crippen LogP contribution in [-0.2, 0) is 18.9 Å². The van der Waals surface area contributed by atoms with Crippen LogP contribution in [0.3, 0.4) is 0 Å². The van der Waals surface area contributed by atoms with Gasteiger partial charge in [0.15, 0.2) is 5.79 Å². The molecular weight excluding hydrogens is 280 g/mol. The van der Waals surface area contributed by atoms with Crippen LogP contribution in [-0.4, -0.2) is 40.9 Å². The van der Waals surface area contributed by atoms with Gasteiger partial charge in [-0.3, -0.25) is 14.3 Å². The minimum Gasteiger partial charge on any atom is -0.353 e. The molecule has 0 bridgehead atoms. The van der Waals surface area contributed by atoms with Gasteiger partial charge in [-0.1, -0.05) is 0 Å². The van der Waals surface area contributed by atoms with Gasteiger partial charge in [0.25, 0.3) is 5.56 Å². The number of aromatic nitrogens is 2. The van der Waals surface area contributed by atoms with E-state index in [2.05, 4.69) is 4.98 Å². The summed E-state index contributed by atoms with van der Waals surface area (Å²) in [6, 6.07) is 1.01. The molecule has 4 atom stereocenters. The largest absolute Gasteiger partial charge is 0.353 e. The number of nitrogens with zero attached hydrogens (tertiary/aromatic N) is 1. The first-order valence-electron chi connectivity index (χ1n) is 6.87. The van der Waals surface area contributed by atoms with Crippen LogP contribution in [0.4, 0.5) is 0 Å². The van der Waals surface area contributed by atoms with E-state index in [4.69, 9.17) is 18.9 Å². The zero-order valence-corrected chi connectivity index (χ0v) is 11.7. The molecule has 0 unspecified atom stereocenters. The van der Waals surface area contributed by atoms with Crippen LogP contribution >= 0.6 is 0 Å². The highest BCUT2D eigenvalue weighted by Gasteiger charge is 2.55. The Hall–Kier alpha value is -1.48. The third-order valence-electron chi connectivity index (χ3n) is 4.09. The Morgan fingerprint density at radius 1 is 1.33 bits per heavy atom. The van der Waals surface area contributed by atoms with E-state index >= 15 is 0 Å². The molecule has 1 aromatic heterocycles. The molecule has 8 heteroatoms. The highest BCUT2D eigenvalue weighted by atomic mass is 16.8. The van der Waals surface area contributed by atoms with E-state index in [-0.39, 0.29) is 25.0 Å². The zero-order valence-electron chi connectivity index (χ0n) is 11.7. The highest BCUT2D eigenvalue weighted by Crippen LogP contribution is 2.48. The van der Waals surface area contributed by atoms with Gasteiger partial charge in [-0.15, -0.1) is 0 Å². The van der Waals surface area contributed by atoms with Crippen molar-refractivity contribution in [3.05, 3.63) is 32.6 Å². The topological polar surface area (TPSA) is 91.8 Å². The average molecular weight is 296 g/mol. The molecule has 2 fully saturated rings. The van der Waals surface area contributed by atoms with E-state index < -0.39 is 23.1 Å². The van der Waals surface area contributed by atoms with Crippen LogP contribution in [0.1, 0.15) is 31.7 Å². The molecule has 0 radical (unpaired) electrons. The lowest BCUT2D eigenvalue weighted by molar-refractivity contribution is -0.158. The van der Waals surface area contributed by atoms with Crippen LogP contribution in [0, 0.1) is 0 Å². The van der Waals surface area contributed by atoms with Crippen molar-refractivity contribution in [2.24, 2.45) is 0 Å². The van der Waals surface area contributed by atoms with Crippen LogP contribution in [0.2, 0.25) is 0 Å². The number of ether oxygens (including phenoxy) is 4. The summed E-state index contributed by atoms with van der Waals surface area (Å²) in [4.78, 5) is 26.1. The van der Waals surface area contributed by atoms with E-state index in [1.165, 1.54) is 10.6 Å². The van der Waals surface area contributed by atoms with Crippen LogP contribution < -0.4 is 11.2 Å². The van der Waals surface area contributed by atoms with Crippen molar-refractivity contribution in [1.82, 2.24) is 9.55 Å². The number of H-pyrrole nitrogens is 1. The molecule has 0 spiro atoms. The van der Waals surface area contributed by atoms with Crippen molar-refractivity contribution in [2.75, 3.05) is 13.4 Å². The van der Waals surface area contributed by atoms with Crippen molar-refractivity contribution in [3.8, 4) is 0 Å². The summed E-state index contributed by atoms with van der Waals surface area (Å²) < 4.78 is 24.1. The molecule has 0 aliphatic carbocycles. The summed E-state index contributed by atoms with van der Waals surface area (Å²) in [5.41, 5.74) is -0.389. The van der Waals surface area contributed by atoms with Crippen molar-refractivity contribution >= 4 is 0 Å². The van der Waals surface area contributed by atoms with Crippen molar-refractivity contribution in [3.63, 3.8) is 0 Å². The van der Waals surface area contributed by atoms with Crippen LogP contribution in [0.5, 0.6) is 0 Å². The lowest BCUT2D eigenvalue weighted by atomic mass is 10.0. The van der Waals surface area contributed by atoms with E-state index in [9.17, 15) is 9.59 Å². The SMILES string of the molecule is CC1(C)O[C@@H]2[C@@H]([C@H]3COCO3)n3c(cc(=O)[nH]c3=O)[C@@H]2O1. The fraction of sp³-hybridized carbons (Fsp3) is 0.692. The molecule has 3 aliphatic heterocycles. The van der Waals surface area contributed by atoms with E-state index in [0.29, 0.717) is 12.3 Å². The third-order valence-corrected chi connectivity index (χ3v) is 4.09. The van der Waals surface area contributed by atoms with Gasteiger partial charge in [0.05, 0.1) is 18.3 Å². The number of hydrogen-bond acceptors (Lipinski definition) is 6. The maximum absolute atomic E-state index is 12.2. The maximum Gasteiger partial charge on any atom is 0.329 e. The summed E-state index contributed by atoms with van der Waals surface area (Å²) in [5.74, 6) is -0.767. The van der Waals surface area contributed by atoms with Crippen molar-refractivity contribution < 1.29 is 18.9 Å². The molecule has 4 rings (SSSR count). The number of fused-ring (bicyclic) bond motifs is 3. The minimum absolute atomic E-state index is 0.191. The van der Waals surface area contributed by atoms with Gasteiger partial charge in [-0.25, -0.2) is 4.79 Å². The Morgan fingerprint density at radius 2 is 2.14 bits per heavy atom. The first kappa shape index (κ1) is 13.2. The van der Waals surface area contributed by atoms with Crippen LogP contribution in [0.25, 0.3) is 0 Å². The molecule has 0 aromatic carbocycles. The van der Waals surface area contributed by atoms with Gasteiger partial charge in [-0.05, 0) is 13.8 Å². The second kappa shape index (κ2) is 4.26. The van der Waals surface area contributed by atoms with Gasteiger partial charge in [0.2, 0.25) is 0 Å². The smallest absolute Gasteiger partial charge is 0.329 e. The summed E-state index contributed by atoms with van der Waals surface area (Å²) >= 11 is 0. The summed E-state index contributed by atoms with van der Waals surface area (Å²) in [6.07, 6.45) is -1.14. The monoisotopic (exact) mass is 296 g/mol. The Balaban J connectivity index is 1.87. The third kappa shape index (κ3) is 1.90. The molecule has 2 saturated heterocycles. The van der Waals surface area contributed by atoms with Gasteiger partial charge in [0, 0.05) is 6.07 Å². The van der Waals surface area contributed by atoms with Gasteiger partial charge in [-0.2, -0.15) is 0 Å². The minimum atomic E-state index is -0.767. The molecule has 0 amide bonds. The van der Waals surface area contributed by atoms with E-state index in [1.807, 2.05) is 13.8 Å². The van der Waals surface area contributed by atoms with Gasteiger partial charge < -0.3 is 18.9 Å². The molecule has 1 N–H and O–H groups in total. The Morgan fingerprint density at radius 3 is 2.86 bits per heavy atom. The first-order chi connectivity index (χ1) is 9.96. The standard InChI is InChI=1S/C13H16N2O6/c1-13(2)20-10-6-3-8(16)14-12(17)15(6)9(11(10)21-13)7-4-18-5-19-7/h3,7,9-11H,4-5H2,1-2H3,(H,14,16,17)/t7-,9-,10+,11-/m1/s1. The van der Waals surface area contributed by atoms with Gasteiger partial charge >= 0.3 is 5.69 Å². The predicted molar refractivity (Wildman–Crippen MR) is 68.8 cm³/mol. The molecule has 0 saturated carbocycles. The number of rotatable bonds is 1. The average Bonchev–Trinajstić information content (AvgIpc) is 3.04. The molecule has 21 heavy (non-hydrogen) atoms. The van der Waals surface area contributed by atoms with Crippen LogP contribution in [0.15, 0.2) is 15.7 Å². The molecule has 1 aromatic rings. The fourth-order valence-electron chi connectivity index (χ4n) is 3.39. The fourth-order valence-corrected chi connectivity index (χ4v) is 3.39. The lowest BCUT2D eigenvalue weighted by Crippen LogP contribution is -2.41. The lowest BCUT2D eigenvalue weighted by Gasteiger charge is -2.26.